The van der Waals surface area contributed by atoms with E-state index in [0.29, 0.717) is 23.6 Å². The number of aryl methyl sites for hydroxylation is 1. The molecule has 2 aromatic carbocycles. The predicted molar refractivity (Wildman–Crippen MR) is 152 cm³/mol. The van der Waals surface area contributed by atoms with Crippen LogP contribution in [-0.2, 0) is 14.3 Å². The second-order valence-corrected chi connectivity index (χ2v) is 10.6. The molecule has 12 heteroatoms. The number of esters is 1. The topological polar surface area (TPSA) is 135 Å². The Hall–Kier alpha value is -3.90. The molecule has 2 N–H and O–H groups in total. The number of aromatic nitrogens is 1. The number of anilines is 1. The van der Waals surface area contributed by atoms with Crippen molar-refractivity contribution in [3.8, 4) is 17.2 Å². The highest BCUT2D eigenvalue weighted by molar-refractivity contribution is 9.10. The van der Waals surface area contributed by atoms with Crippen LogP contribution >= 0.6 is 27.3 Å². The van der Waals surface area contributed by atoms with Gasteiger partial charge in [0.2, 0.25) is 0 Å². The summed E-state index contributed by atoms with van der Waals surface area (Å²) in [7, 11) is 1.36. The molecule has 0 spiro atoms. The number of nitrogens with zero attached hydrogens (tertiary/aromatic N) is 2. The average molecular weight is 632 g/mol. The monoisotopic (exact) mass is 630 g/mol. The Morgan fingerprint density at radius 2 is 1.95 bits per heavy atom. The molecule has 0 bridgehead atoms. The molecule has 1 aliphatic heterocycles. The zero-order valence-electron chi connectivity index (χ0n) is 22.2. The molecule has 1 aromatic heterocycles. The van der Waals surface area contributed by atoms with Crippen LogP contribution in [0.15, 0.2) is 46.4 Å². The van der Waals surface area contributed by atoms with Crippen molar-refractivity contribution in [2.45, 2.75) is 33.2 Å². The van der Waals surface area contributed by atoms with Gasteiger partial charge in [-0.2, -0.15) is 0 Å². The minimum absolute atomic E-state index is 0.0647. The summed E-state index contributed by atoms with van der Waals surface area (Å²) in [6.07, 6.45) is 0.778. The fraction of sp³-hybridized carbons (Fsp3) is 0.286. The predicted octanol–water partition coefficient (Wildman–Crippen LogP) is 5.52. The summed E-state index contributed by atoms with van der Waals surface area (Å²) >= 11 is 4.19. The van der Waals surface area contributed by atoms with Crippen LogP contribution in [0.1, 0.15) is 52.8 Å². The van der Waals surface area contributed by atoms with Gasteiger partial charge in [0.15, 0.2) is 16.6 Å². The number of aliphatic hydroxyl groups excluding tert-OH is 1. The Labute approximate surface area is 242 Å². The lowest BCUT2D eigenvalue weighted by atomic mass is 9.95. The van der Waals surface area contributed by atoms with Crippen molar-refractivity contribution < 1.29 is 38.8 Å². The van der Waals surface area contributed by atoms with Crippen LogP contribution in [0.3, 0.4) is 0 Å². The second-order valence-electron chi connectivity index (χ2n) is 8.73. The number of Topliss-reactive ketones (excluding diaryl/α,β-unsaturated/α-hetero) is 1. The van der Waals surface area contributed by atoms with Crippen molar-refractivity contribution in [1.29, 1.82) is 0 Å². The second kappa shape index (κ2) is 12.1. The van der Waals surface area contributed by atoms with E-state index in [1.54, 1.807) is 38.1 Å². The molecule has 1 aliphatic rings. The number of amides is 1. The number of thiazole rings is 1. The summed E-state index contributed by atoms with van der Waals surface area (Å²) in [4.78, 5) is 45.3. The van der Waals surface area contributed by atoms with Crippen LogP contribution < -0.4 is 14.4 Å². The molecule has 0 aliphatic carbocycles. The number of phenols is 1. The van der Waals surface area contributed by atoms with Gasteiger partial charge in [-0.15, -0.1) is 0 Å². The van der Waals surface area contributed by atoms with Crippen LogP contribution in [0, 0.1) is 6.92 Å². The fourth-order valence-corrected chi connectivity index (χ4v) is 5.68. The van der Waals surface area contributed by atoms with E-state index in [1.807, 2.05) is 6.92 Å². The molecule has 2 heterocycles. The Morgan fingerprint density at radius 3 is 2.62 bits per heavy atom. The Morgan fingerprint density at radius 1 is 1.20 bits per heavy atom. The molecule has 3 aromatic rings. The molecule has 1 atom stereocenters. The van der Waals surface area contributed by atoms with Crippen molar-refractivity contribution in [2.24, 2.45) is 0 Å². The number of ketones is 1. The van der Waals surface area contributed by atoms with Crippen LogP contribution in [0.4, 0.5) is 5.13 Å². The number of carbonyl (C=O) groups is 3. The first-order valence-corrected chi connectivity index (χ1v) is 14.0. The van der Waals surface area contributed by atoms with Crippen LogP contribution in [-0.4, -0.2) is 53.2 Å². The Bertz CT molecular complexity index is 1520. The van der Waals surface area contributed by atoms with Crippen molar-refractivity contribution in [2.75, 3.05) is 25.2 Å². The molecule has 40 heavy (non-hydrogen) atoms. The number of halogens is 1. The minimum atomic E-state index is -1.17. The summed E-state index contributed by atoms with van der Waals surface area (Å²) in [5.41, 5.74) is 0.724. The number of hydrogen-bond donors (Lipinski definition) is 2. The van der Waals surface area contributed by atoms with Crippen molar-refractivity contribution in [3.05, 3.63) is 68.1 Å². The first-order valence-electron chi connectivity index (χ1n) is 12.4. The van der Waals surface area contributed by atoms with Gasteiger partial charge in [0.05, 0.1) is 42.1 Å². The maximum atomic E-state index is 13.5. The summed E-state index contributed by atoms with van der Waals surface area (Å²) in [5, 5.41) is 21.9. The summed E-state index contributed by atoms with van der Waals surface area (Å²) in [6, 6.07) is 8.37. The molecule has 1 amide bonds. The largest absolute Gasteiger partial charge is 0.507 e. The van der Waals surface area contributed by atoms with Crippen LogP contribution in [0.2, 0.25) is 0 Å². The number of aromatic hydroxyl groups is 1. The first kappa shape index (κ1) is 29.1. The number of aliphatic hydroxyl groups is 1. The maximum absolute atomic E-state index is 13.5. The van der Waals surface area contributed by atoms with Gasteiger partial charge in [0.1, 0.15) is 16.4 Å². The van der Waals surface area contributed by atoms with Crippen LogP contribution in [0.25, 0.3) is 5.76 Å². The van der Waals surface area contributed by atoms with E-state index < -0.39 is 29.5 Å². The third-order valence-electron chi connectivity index (χ3n) is 6.06. The average Bonchev–Trinajstić information content (AvgIpc) is 3.45. The molecule has 1 unspecified atom stereocenters. The fourth-order valence-electron chi connectivity index (χ4n) is 4.23. The van der Waals surface area contributed by atoms with Gasteiger partial charge in [-0.25, -0.2) is 9.78 Å². The molecular formula is C28H27BrN2O8S. The molecule has 210 valence electrons. The van der Waals surface area contributed by atoms with Gasteiger partial charge in [0, 0.05) is 5.56 Å². The summed E-state index contributed by atoms with van der Waals surface area (Å²) in [5.74, 6) is -2.54. The standard InChI is InChI=1S/C28H27BrN2O8S/c1-5-10-39-17-9-7-8-15(11-17)22(32)20-21(16-12-18(29)23(33)19(13-16)37-4)31(26(35)24(20)34)28-30-14(3)25(40-28)27(36)38-6-2/h7-9,11-13,21,32-33H,5-6,10H2,1-4H3. The molecule has 0 saturated carbocycles. The molecule has 1 saturated heterocycles. The SMILES string of the molecule is CCCOc1cccc(C(O)=C2C(=O)C(=O)N(c3nc(C)c(C(=O)OCC)s3)C2c2cc(Br)c(O)c(OC)c2)c1. The Balaban J connectivity index is 1.94. The number of methoxy groups -OCH3 is 1. The number of rotatable bonds is 9. The Kier molecular flexibility index (Phi) is 8.79. The summed E-state index contributed by atoms with van der Waals surface area (Å²) < 4.78 is 16.3. The van der Waals surface area contributed by atoms with E-state index >= 15 is 0 Å². The normalized spacial score (nSPS) is 16.3. The van der Waals surface area contributed by atoms with E-state index in [0.717, 1.165) is 22.7 Å². The van der Waals surface area contributed by atoms with Gasteiger partial charge < -0.3 is 24.4 Å². The van der Waals surface area contributed by atoms with Crippen molar-refractivity contribution in [1.82, 2.24) is 4.98 Å². The molecule has 1 fully saturated rings. The zero-order valence-corrected chi connectivity index (χ0v) is 24.6. The van der Waals surface area contributed by atoms with E-state index in [1.165, 1.54) is 19.2 Å². The quantitative estimate of drug-likeness (QED) is 0.135. The lowest BCUT2D eigenvalue weighted by Crippen LogP contribution is -2.29. The van der Waals surface area contributed by atoms with Gasteiger partial charge in [-0.05, 0) is 66.0 Å². The number of phenolic OH excluding ortho intramolecular Hbond substituents is 1. The van der Waals surface area contributed by atoms with Gasteiger partial charge in [-0.3, -0.25) is 14.5 Å². The highest BCUT2D eigenvalue weighted by Gasteiger charge is 2.49. The van der Waals surface area contributed by atoms with Crippen LogP contribution in [0.5, 0.6) is 17.2 Å². The molecule has 0 radical (unpaired) electrons. The minimum Gasteiger partial charge on any atom is -0.507 e. The van der Waals surface area contributed by atoms with E-state index in [2.05, 4.69) is 20.9 Å². The van der Waals surface area contributed by atoms with E-state index in [4.69, 9.17) is 14.2 Å². The maximum Gasteiger partial charge on any atom is 0.350 e. The van der Waals surface area contributed by atoms with Crippen molar-refractivity contribution >= 4 is 55.8 Å². The first-order chi connectivity index (χ1) is 19.1. The number of ether oxygens (including phenoxy) is 3. The lowest BCUT2D eigenvalue weighted by Gasteiger charge is -2.24. The van der Waals surface area contributed by atoms with Crippen molar-refractivity contribution in [3.63, 3.8) is 0 Å². The molecular weight excluding hydrogens is 604 g/mol. The lowest BCUT2D eigenvalue weighted by molar-refractivity contribution is -0.132. The van der Waals surface area contributed by atoms with Gasteiger partial charge in [-0.1, -0.05) is 30.4 Å². The third kappa shape index (κ3) is 5.41. The highest BCUT2D eigenvalue weighted by atomic mass is 79.9. The van der Waals surface area contributed by atoms with E-state index in [9.17, 15) is 24.6 Å². The summed E-state index contributed by atoms with van der Waals surface area (Å²) in [6.45, 7) is 5.84. The highest BCUT2D eigenvalue weighted by Crippen LogP contribution is 2.47. The third-order valence-corrected chi connectivity index (χ3v) is 7.80. The molecule has 10 nitrogen and oxygen atoms in total. The van der Waals surface area contributed by atoms with Gasteiger partial charge in [0.25, 0.3) is 5.78 Å². The number of hydrogen-bond acceptors (Lipinski definition) is 10. The number of benzene rings is 2. The van der Waals surface area contributed by atoms with E-state index in [-0.39, 0.29) is 43.7 Å². The zero-order chi connectivity index (χ0) is 29.1. The number of carbonyl (C=O) groups excluding carboxylic acids is 3. The molecule has 4 rings (SSSR count). The van der Waals surface area contributed by atoms with Gasteiger partial charge >= 0.3 is 11.9 Å². The smallest absolute Gasteiger partial charge is 0.350 e.